The molecule has 21 heavy (non-hydrogen) atoms. The minimum atomic E-state index is -0.332. The van der Waals surface area contributed by atoms with Crippen LogP contribution in [0.1, 0.15) is 24.6 Å². The van der Waals surface area contributed by atoms with Crippen LogP contribution in [0.3, 0.4) is 0 Å². The number of nitrogens with zero attached hydrogens (tertiary/aromatic N) is 4. The molecule has 0 saturated heterocycles. The summed E-state index contributed by atoms with van der Waals surface area (Å²) < 4.78 is 22.2. The van der Waals surface area contributed by atoms with Gasteiger partial charge in [-0.1, -0.05) is 21.8 Å². The van der Waals surface area contributed by atoms with E-state index in [2.05, 4.69) is 25.0 Å². The first-order valence-corrected chi connectivity index (χ1v) is 7.15. The molecule has 2 aromatic heterocycles. The Morgan fingerprint density at radius 3 is 3.10 bits per heavy atom. The highest BCUT2D eigenvalue weighted by Crippen LogP contribution is 2.19. The van der Waals surface area contributed by atoms with Crippen molar-refractivity contribution < 1.29 is 8.91 Å². The first-order chi connectivity index (χ1) is 10.2. The van der Waals surface area contributed by atoms with Gasteiger partial charge in [0.05, 0.1) is 11.7 Å². The lowest BCUT2D eigenvalue weighted by atomic mass is 10.2. The molecule has 8 heteroatoms. The van der Waals surface area contributed by atoms with Gasteiger partial charge in [0.25, 0.3) is 0 Å². The molecule has 0 aliphatic carbocycles. The number of hydrogen-bond donors (Lipinski definition) is 1. The maximum Gasteiger partial charge on any atom is 0.243 e. The zero-order chi connectivity index (χ0) is 14.7. The fraction of sp³-hybridized carbons (Fsp3) is 0.231. The summed E-state index contributed by atoms with van der Waals surface area (Å²) in [6.45, 7) is 2.47. The van der Waals surface area contributed by atoms with Crippen LogP contribution in [-0.2, 0) is 6.54 Å². The molecule has 6 nitrogen and oxygen atoms in total. The van der Waals surface area contributed by atoms with Crippen LogP contribution in [0.25, 0.3) is 11.4 Å². The van der Waals surface area contributed by atoms with E-state index in [4.69, 9.17) is 4.52 Å². The SMILES string of the molecule is C[C@H](NCc1csnn1)c1nc(-c2cccc(F)c2)no1. The number of halogens is 1. The van der Waals surface area contributed by atoms with Crippen molar-refractivity contribution in [2.24, 2.45) is 0 Å². The lowest BCUT2D eigenvalue weighted by molar-refractivity contribution is 0.338. The smallest absolute Gasteiger partial charge is 0.243 e. The molecule has 0 bridgehead atoms. The van der Waals surface area contributed by atoms with Crippen molar-refractivity contribution in [2.75, 3.05) is 0 Å². The van der Waals surface area contributed by atoms with Gasteiger partial charge in [0.1, 0.15) is 5.82 Å². The van der Waals surface area contributed by atoms with Gasteiger partial charge in [-0.2, -0.15) is 4.98 Å². The van der Waals surface area contributed by atoms with E-state index in [1.807, 2.05) is 12.3 Å². The van der Waals surface area contributed by atoms with Crippen LogP contribution in [-0.4, -0.2) is 19.7 Å². The lowest BCUT2D eigenvalue weighted by Gasteiger charge is -2.06. The van der Waals surface area contributed by atoms with E-state index in [0.717, 1.165) is 5.69 Å². The second-order valence-electron chi connectivity index (χ2n) is 4.47. The van der Waals surface area contributed by atoms with Gasteiger partial charge in [-0.3, -0.25) is 0 Å². The van der Waals surface area contributed by atoms with Crippen molar-refractivity contribution >= 4 is 11.5 Å². The van der Waals surface area contributed by atoms with Crippen LogP contribution in [0.2, 0.25) is 0 Å². The van der Waals surface area contributed by atoms with E-state index in [9.17, 15) is 4.39 Å². The van der Waals surface area contributed by atoms with E-state index in [1.165, 1.54) is 23.7 Å². The van der Waals surface area contributed by atoms with E-state index < -0.39 is 0 Å². The molecule has 1 atom stereocenters. The monoisotopic (exact) mass is 305 g/mol. The highest BCUT2D eigenvalue weighted by Gasteiger charge is 2.15. The summed E-state index contributed by atoms with van der Waals surface area (Å²) in [7, 11) is 0. The van der Waals surface area contributed by atoms with Crippen LogP contribution in [0.15, 0.2) is 34.2 Å². The van der Waals surface area contributed by atoms with Crippen molar-refractivity contribution in [3.63, 3.8) is 0 Å². The average Bonchev–Trinajstić information content (AvgIpc) is 3.16. The third-order valence-electron chi connectivity index (χ3n) is 2.89. The summed E-state index contributed by atoms with van der Waals surface area (Å²) in [6, 6.07) is 5.94. The predicted octanol–water partition coefficient (Wildman–Crippen LogP) is 2.58. The number of nitrogens with one attached hydrogen (secondary N) is 1. The Balaban J connectivity index is 1.69. The van der Waals surface area contributed by atoms with Gasteiger partial charge in [-0.15, -0.1) is 5.10 Å². The number of aromatic nitrogens is 4. The minimum Gasteiger partial charge on any atom is -0.337 e. The number of benzene rings is 1. The van der Waals surface area contributed by atoms with Crippen LogP contribution in [0.4, 0.5) is 4.39 Å². The fourth-order valence-corrected chi connectivity index (χ4v) is 2.21. The molecule has 3 rings (SSSR count). The molecule has 0 aliphatic heterocycles. The molecule has 0 unspecified atom stereocenters. The van der Waals surface area contributed by atoms with Crippen molar-refractivity contribution in [1.82, 2.24) is 25.0 Å². The molecule has 2 heterocycles. The van der Waals surface area contributed by atoms with Gasteiger partial charge in [0, 0.05) is 17.5 Å². The molecule has 0 amide bonds. The number of hydrogen-bond acceptors (Lipinski definition) is 7. The Morgan fingerprint density at radius 2 is 2.33 bits per heavy atom. The van der Waals surface area contributed by atoms with E-state index in [1.54, 1.807) is 12.1 Å². The van der Waals surface area contributed by atoms with Gasteiger partial charge in [-0.25, -0.2) is 4.39 Å². The molecule has 108 valence electrons. The van der Waals surface area contributed by atoms with Gasteiger partial charge in [0.2, 0.25) is 11.7 Å². The molecule has 1 N–H and O–H groups in total. The molecule has 1 aromatic carbocycles. The maximum atomic E-state index is 13.2. The zero-order valence-electron chi connectivity index (χ0n) is 11.2. The van der Waals surface area contributed by atoms with Gasteiger partial charge in [-0.05, 0) is 30.6 Å². The van der Waals surface area contributed by atoms with E-state index in [0.29, 0.717) is 23.8 Å². The molecule has 0 radical (unpaired) electrons. The van der Waals surface area contributed by atoms with Gasteiger partial charge in [0.15, 0.2) is 0 Å². The summed E-state index contributed by atoms with van der Waals surface area (Å²) in [6.07, 6.45) is 0. The molecule has 0 aliphatic rings. The summed E-state index contributed by atoms with van der Waals surface area (Å²) in [4.78, 5) is 4.28. The second kappa shape index (κ2) is 6.06. The Hall–Kier alpha value is -2.19. The largest absolute Gasteiger partial charge is 0.337 e. The first kappa shape index (κ1) is 13.8. The third-order valence-corrected chi connectivity index (χ3v) is 3.44. The molecule has 0 fully saturated rings. The Kier molecular flexibility index (Phi) is 3.98. The normalized spacial score (nSPS) is 12.5. The highest BCUT2D eigenvalue weighted by molar-refractivity contribution is 7.03. The fourth-order valence-electron chi connectivity index (χ4n) is 1.76. The summed E-state index contributed by atoms with van der Waals surface area (Å²) >= 11 is 1.30. The summed E-state index contributed by atoms with van der Waals surface area (Å²) in [5.74, 6) is 0.479. The van der Waals surface area contributed by atoms with Crippen LogP contribution in [0.5, 0.6) is 0 Å². The molecule has 0 spiro atoms. The highest BCUT2D eigenvalue weighted by atomic mass is 32.1. The summed E-state index contributed by atoms with van der Waals surface area (Å²) in [5.41, 5.74) is 1.44. The minimum absolute atomic E-state index is 0.137. The van der Waals surface area contributed by atoms with E-state index >= 15 is 0 Å². The lowest BCUT2D eigenvalue weighted by Crippen LogP contribution is -2.18. The van der Waals surface area contributed by atoms with Crippen molar-refractivity contribution in [3.05, 3.63) is 47.0 Å². The van der Waals surface area contributed by atoms with Gasteiger partial charge >= 0.3 is 0 Å². The first-order valence-electron chi connectivity index (χ1n) is 6.31. The predicted molar refractivity (Wildman–Crippen MR) is 74.9 cm³/mol. The quantitative estimate of drug-likeness (QED) is 0.780. The molecular weight excluding hydrogens is 293 g/mol. The van der Waals surface area contributed by atoms with Crippen molar-refractivity contribution in [2.45, 2.75) is 19.5 Å². The summed E-state index contributed by atoms with van der Waals surface area (Å²) in [5, 5.41) is 12.9. The van der Waals surface area contributed by atoms with Crippen molar-refractivity contribution in [3.8, 4) is 11.4 Å². The van der Waals surface area contributed by atoms with Crippen molar-refractivity contribution in [1.29, 1.82) is 0 Å². The number of rotatable bonds is 5. The van der Waals surface area contributed by atoms with Crippen LogP contribution in [0, 0.1) is 5.82 Å². The topological polar surface area (TPSA) is 76.7 Å². The molecular formula is C13H12FN5OS. The average molecular weight is 305 g/mol. The van der Waals surface area contributed by atoms with Crippen LogP contribution >= 0.6 is 11.5 Å². The Labute approximate surface area is 124 Å². The Morgan fingerprint density at radius 1 is 1.43 bits per heavy atom. The third kappa shape index (κ3) is 3.29. The maximum absolute atomic E-state index is 13.2. The zero-order valence-corrected chi connectivity index (χ0v) is 12.0. The second-order valence-corrected chi connectivity index (χ2v) is 5.08. The van der Waals surface area contributed by atoms with E-state index in [-0.39, 0.29) is 11.9 Å². The van der Waals surface area contributed by atoms with Gasteiger partial charge < -0.3 is 9.84 Å². The van der Waals surface area contributed by atoms with Crippen LogP contribution < -0.4 is 5.32 Å². The standard InChI is InChI=1S/C13H12FN5OS/c1-8(15-6-11-7-21-19-17-11)13-16-12(18-20-13)9-3-2-4-10(14)5-9/h2-5,7-8,15H,6H2,1H3/t8-/m0/s1. The Bertz CT molecular complexity index is 715. The molecule has 3 aromatic rings. The molecule has 0 saturated carbocycles.